The summed E-state index contributed by atoms with van der Waals surface area (Å²) < 4.78 is 70.9. The molecule has 4 aromatic rings. The molecular weight excluding hydrogens is 395 g/mol. The maximum Gasteiger partial charge on any atom is 0.134 e. The first kappa shape index (κ1) is 19.8. The van der Waals surface area contributed by atoms with E-state index in [-0.39, 0.29) is 16.7 Å². The third-order valence-corrected chi connectivity index (χ3v) is 4.86. The van der Waals surface area contributed by atoms with Crippen molar-refractivity contribution in [2.45, 2.75) is 6.92 Å². The van der Waals surface area contributed by atoms with Crippen molar-refractivity contribution in [3.05, 3.63) is 107 Å². The Kier molecular flexibility index (Phi) is 5.12. The molecule has 0 saturated heterocycles. The largest absolute Gasteiger partial charge is 0.207 e. The van der Waals surface area contributed by atoms with Gasteiger partial charge in [-0.1, -0.05) is 42.0 Å². The number of rotatable bonds is 3. The van der Waals surface area contributed by atoms with Gasteiger partial charge in [-0.3, -0.25) is 0 Å². The summed E-state index contributed by atoms with van der Waals surface area (Å²) in [7, 11) is 0. The second-order valence-corrected chi connectivity index (χ2v) is 7.03. The van der Waals surface area contributed by atoms with Crippen molar-refractivity contribution in [3.63, 3.8) is 0 Å². The molecule has 0 aliphatic heterocycles. The molecule has 0 unspecified atom stereocenters. The van der Waals surface area contributed by atoms with Gasteiger partial charge in [0.25, 0.3) is 0 Å². The highest BCUT2D eigenvalue weighted by Crippen LogP contribution is 2.34. The van der Waals surface area contributed by atoms with E-state index in [1.807, 2.05) is 31.2 Å². The van der Waals surface area contributed by atoms with Crippen LogP contribution in [0, 0.1) is 36.0 Å². The normalized spacial score (nSPS) is 11.0. The van der Waals surface area contributed by atoms with E-state index < -0.39 is 34.6 Å². The van der Waals surface area contributed by atoms with Gasteiger partial charge in [0.1, 0.15) is 29.1 Å². The average Bonchev–Trinajstić information content (AvgIpc) is 2.67. The van der Waals surface area contributed by atoms with Crippen LogP contribution in [0.15, 0.2) is 72.8 Å². The van der Waals surface area contributed by atoms with Gasteiger partial charge in [0.2, 0.25) is 0 Å². The van der Waals surface area contributed by atoms with Crippen LogP contribution in [-0.4, -0.2) is 0 Å². The topological polar surface area (TPSA) is 0 Å². The van der Waals surface area contributed by atoms with Gasteiger partial charge in [0.05, 0.1) is 5.56 Å². The van der Waals surface area contributed by atoms with Crippen molar-refractivity contribution in [1.29, 1.82) is 0 Å². The first-order valence-electron chi connectivity index (χ1n) is 9.14. The maximum absolute atomic E-state index is 14.7. The molecule has 0 atom stereocenters. The number of hydrogen-bond acceptors (Lipinski definition) is 0. The van der Waals surface area contributed by atoms with Gasteiger partial charge in [-0.05, 0) is 59.5 Å². The molecule has 0 heterocycles. The quantitative estimate of drug-likeness (QED) is 0.304. The van der Waals surface area contributed by atoms with E-state index in [1.54, 1.807) is 6.07 Å². The molecule has 150 valence electrons. The summed E-state index contributed by atoms with van der Waals surface area (Å²) in [4.78, 5) is 0. The summed E-state index contributed by atoms with van der Waals surface area (Å²) in [5.74, 6) is -4.64. The van der Waals surface area contributed by atoms with Crippen molar-refractivity contribution in [3.8, 4) is 33.4 Å². The second-order valence-electron chi connectivity index (χ2n) is 7.03. The predicted octanol–water partition coefficient (Wildman–Crippen LogP) is 7.69. The molecule has 30 heavy (non-hydrogen) atoms. The summed E-state index contributed by atoms with van der Waals surface area (Å²) in [5, 5.41) is 0. The van der Waals surface area contributed by atoms with Crippen molar-refractivity contribution < 1.29 is 22.0 Å². The minimum atomic E-state index is -1.04. The molecule has 0 amide bonds. The van der Waals surface area contributed by atoms with Crippen LogP contribution in [0.3, 0.4) is 0 Å². The zero-order valence-electron chi connectivity index (χ0n) is 15.8. The molecule has 0 aliphatic rings. The minimum Gasteiger partial charge on any atom is -0.207 e. The van der Waals surface area contributed by atoms with Crippen LogP contribution in [0.25, 0.3) is 33.4 Å². The van der Waals surface area contributed by atoms with Crippen LogP contribution in [0.5, 0.6) is 0 Å². The smallest absolute Gasteiger partial charge is 0.134 e. The van der Waals surface area contributed by atoms with Crippen LogP contribution in [-0.2, 0) is 0 Å². The minimum absolute atomic E-state index is 0.0145. The molecule has 0 radical (unpaired) electrons. The van der Waals surface area contributed by atoms with Crippen molar-refractivity contribution in [2.75, 3.05) is 0 Å². The Hall–Kier alpha value is -3.47. The SMILES string of the molecule is Cc1ccc(-c2ccc(-c3cc(F)c(-c4cc(F)cc(F)c4)c(F)c3)c(F)c2)cc1. The highest BCUT2D eigenvalue weighted by molar-refractivity contribution is 5.74. The van der Waals surface area contributed by atoms with Gasteiger partial charge < -0.3 is 0 Å². The maximum atomic E-state index is 14.7. The Morgan fingerprint density at radius 2 is 1.00 bits per heavy atom. The Bertz CT molecular complexity index is 1200. The molecule has 0 spiro atoms. The summed E-state index contributed by atoms with van der Waals surface area (Å²) in [6.45, 7) is 1.94. The standard InChI is InChI=1S/C25H15F5/c1-14-2-4-15(5-3-14)16-6-7-21(22(28)10-16)17-11-23(29)25(24(30)12-17)18-8-19(26)13-20(27)9-18/h2-13H,1H3. The van der Waals surface area contributed by atoms with E-state index >= 15 is 0 Å². The van der Waals surface area contributed by atoms with Gasteiger partial charge >= 0.3 is 0 Å². The van der Waals surface area contributed by atoms with Gasteiger partial charge in [-0.25, -0.2) is 22.0 Å². The second kappa shape index (κ2) is 7.75. The monoisotopic (exact) mass is 410 g/mol. The van der Waals surface area contributed by atoms with E-state index in [0.717, 1.165) is 35.4 Å². The summed E-state index contributed by atoms with van der Waals surface area (Å²) >= 11 is 0. The molecule has 0 bridgehead atoms. The zero-order chi connectivity index (χ0) is 21.4. The number of hydrogen-bond donors (Lipinski definition) is 0. The molecule has 5 heteroatoms. The number of aryl methyl sites for hydroxylation is 1. The Morgan fingerprint density at radius 3 is 1.57 bits per heavy atom. The fourth-order valence-corrected chi connectivity index (χ4v) is 3.38. The molecule has 0 N–H and O–H groups in total. The van der Waals surface area contributed by atoms with Crippen molar-refractivity contribution >= 4 is 0 Å². The fraction of sp³-hybridized carbons (Fsp3) is 0.0400. The molecule has 4 aromatic carbocycles. The third kappa shape index (κ3) is 3.83. The molecule has 0 nitrogen and oxygen atoms in total. The van der Waals surface area contributed by atoms with Crippen LogP contribution >= 0.6 is 0 Å². The lowest BCUT2D eigenvalue weighted by atomic mass is 9.96. The molecule has 0 aliphatic carbocycles. The van der Waals surface area contributed by atoms with E-state index in [2.05, 4.69) is 0 Å². The number of benzene rings is 4. The summed E-state index contributed by atoms with van der Waals surface area (Å²) in [6, 6.07) is 16.1. The van der Waals surface area contributed by atoms with Crippen LogP contribution < -0.4 is 0 Å². The van der Waals surface area contributed by atoms with Crippen LogP contribution in [0.2, 0.25) is 0 Å². The van der Waals surface area contributed by atoms with E-state index in [0.29, 0.717) is 11.6 Å². The molecule has 0 fully saturated rings. The lowest BCUT2D eigenvalue weighted by Crippen LogP contribution is -1.95. The van der Waals surface area contributed by atoms with Gasteiger partial charge in [-0.15, -0.1) is 0 Å². The zero-order valence-corrected chi connectivity index (χ0v) is 15.8. The lowest BCUT2D eigenvalue weighted by molar-refractivity contribution is 0.578. The van der Waals surface area contributed by atoms with Gasteiger partial charge in [-0.2, -0.15) is 0 Å². The molecular formula is C25H15F5. The van der Waals surface area contributed by atoms with Gasteiger partial charge in [0, 0.05) is 11.6 Å². The Morgan fingerprint density at radius 1 is 0.467 bits per heavy atom. The predicted molar refractivity (Wildman–Crippen MR) is 107 cm³/mol. The number of halogens is 5. The fourth-order valence-electron chi connectivity index (χ4n) is 3.38. The van der Waals surface area contributed by atoms with Crippen LogP contribution in [0.4, 0.5) is 22.0 Å². The Balaban J connectivity index is 1.75. The summed E-state index contributed by atoms with van der Waals surface area (Å²) in [5.41, 5.74) is 1.66. The lowest BCUT2D eigenvalue weighted by Gasteiger charge is -2.11. The molecule has 0 aromatic heterocycles. The van der Waals surface area contributed by atoms with Crippen molar-refractivity contribution in [2.24, 2.45) is 0 Å². The molecule has 4 rings (SSSR count). The highest BCUT2D eigenvalue weighted by Gasteiger charge is 2.17. The highest BCUT2D eigenvalue weighted by atomic mass is 19.1. The Labute approximate surface area is 170 Å². The van der Waals surface area contributed by atoms with E-state index in [4.69, 9.17) is 0 Å². The molecule has 0 saturated carbocycles. The first-order valence-corrected chi connectivity index (χ1v) is 9.14. The average molecular weight is 410 g/mol. The van der Waals surface area contributed by atoms with Crippen LogP contribution in [0.1, 0.15) is 5.56 Å². The van der Waals surface area contributed by atoms with E-state index in [9.17, 15) is 22.0 Å². The first-order chi connectivity index (χ1) is 14.3. The van der Waals surface area contributed by atoms with Gasteiger partial charge in [0.15, 0.2) is 0 Å². The summed E-state index contributed by atoms with van der Waals surface area (Å²) in [6.07, 6.45) is 0. The van der Waals surface area contributed by atoms with E-state index in [1.165, 1.54) is 12.1 Å². The van der Waals surface area contributed by atoms with Crippen molar-refractivity contribution in [1.82, 2.24) is 0 Å². The third-order valence-electron chi connectivity index (χ3n) is 4.86.